The highest BCUT2D eigenvalue weighted by atomic mass is 16.3. The molecule has 1 saturated carbocycles. The minimum Gasteiger partial charge on any atom is -0.393 e. The number of nitrogens with one attached hydrogen (secondary N) is 1. The van der Waals surface area contributed by atoms with Crippen LogP contribution in [-0.4, -0.2) is 23.7 Å². The van der Waals surface area contributed by atoms with E-state index in [0.717, 1.165) is 19.3 Å². The molecule has 0 aliphatic heterocycles. The van der Waals surface area contributed by atoms with Crippen molar-refractivity contribution >= 4 is 5.91 Å². The largest absolute Gasteiger partial charge is 0.393 e. The van der Waals surface area contributed by atoms with Crippen LogP contribution in [0.4, 0.5) is 0 Å². The number of rotatable bonds is 5. The van der Waals surface area contributed by atoms with Gasteiger partial charge in [-0.15, -0.1) is 0 Å². The summed E-state index contributed by atoms with van der Waals surface area (Å²) in [5.41, 5.74) is 0. The van der Waals surface area contributed by atoms with Crippen molar-refractivity contribution in [3.05, 3.63) is 0 Å². The molecule has 94 valence electrons. The number of hydrogen-bond acceptors (Lipinski definition) is 2. The first-order valence-corrected chi connectivity index (χ1v) is 6.69. The molecular formula is C13H25NO2. The zero-order chi connectivity index (χ0) is 11.8. The van der Waals surface area contributed by atoms with Crippen molar-refractivity contribution in [3.8, 4) is 0 Å². The molecule has 2 N–H and O–H groups in total. The van der Waals surface area contributed by atoms with Gasteiger partial charge in [0.25, 0.3) is 0 Å². The second-order valence-corrected chi connectivity index (χ2v) is 4.83. The molecular weight excluding hydrogens is 202 g/mol. The van der Waals surface area contributed by atoms with Gasteiger partial charge in [0.15, 0.2) is 0 Å². The Bertz CT molecular complexity index is 198. The summed E-state index contributed by atoms with van der Waals surface area (Å²) in [6.45, 7) is 2.57. The van der Waals surface area contributed by atoms with Crippen LogP contribution in [0.15, 0.2) is 0 Å². The molecule has 0 aromatic rings. The first-order valence-electron chi connectivity index (χ1n) is 6.69. The van der Waals surface area contributed by atoms with Crippen molar-refractivity contribution in [2.45, 2.75) is 64.4 Å². The maximum atomic E-state index is 11.8. The van der Waals surface area contributed by atoms with Crippen LogP contribution < -0.4 is 5.32 Å². The van der Waals surface area contributed by atoms with Gasteiger partial charge in [-0.25, -0.2) is 0 Å². The highest BCUT2D eigenvalue weighted by Crippen LogP contribution is 2.22. The second-order valence-electron chi connectivity index (χ2n) is 4.83. The normalized spacial score (nSPS) is 20.1. The standard InChI is InChI=1S/C13H25NO2/c1-2-12(15)9-10-14-13(16)11-7-5-3-4-6-8-11/h11-12,15H,2-10H2,1H3,(H,14,16). The lowest BCUT2D eigenvalue weighted by molar-refractivity contribution is -0.125. The summed E-state index contributed by atoms with van der Waals surface area (Å²) in [5.74, 6) is 0.423. The van der Waals surface area contributed by atoms with Gasteiger partial charge in [0, 0.05) is 12.5 Å². The molecule has 1 rings (SSSR count). The minimum absolute atomic E-state index is 0.199. The Morgan fingerprint density at radius 3 is 2.50 bits per heavy atom. The molecule has 0 aromatic heterocycles. The molecule has 1 amide bonds. The topological polar surface area (TPSA) is 49.3 Å². The van der Waals surface area contributed by atoms with Gasteiger partial charge in [-0.2, -0.15) is 0 Å². The molecule has 1 aliphatic rings. The van der Waals surface area contributed by atoms with Crippen LogP contribution in [0.2, 0.25) is 0 Å². The summed E-state index contributed by atoms with van der Waals surface area (Å²) >= 11 is 0. The molecule has 3 heteroatoms. The van der Waals surface area contributed by atoms with Crippen molar-refractivity contribution in [1.82, 2.24) is 5.32 Å². The molecule has 0 heterocycles. The van der Waals surface area contributed by atoms with Crippen LogP contribution >= 0.6 is 0 Å². The number of hydrogen-bond donors (Lipinski definition) is 2. The fraction of sp³-hybridized carbons (Fsp3) is 0.923. The third kappa shape index (κ3) is 4.97. The molecule has 1 unspecified atom stereocenters. The van der Waals surface area contributed by atoms with E-state index in [2.05, 4.69) is 5.32 Å². The SMILES string of the molecule is CCC(O)CCNC(=O)C1CCCCCC1. The maximum Gasteiger partial charge on any atom is 0.223 e. The fourth-order valence-electron chi connectivity index (χ4n) is 2.25. The summed E-state index contributed by atoms with van der Waals surface area (Å²) in [6, 6.07) is 0. The van der Waals surface area contributed by atoms with Gasteiger partial charge >= 0.3 is 0 Å². The molecule has 0 aromatic carbocycles. The van der Waals surface area contributed by atoms with Crippen LogP contribution in [0.3, 0.4) is 0 Å². The van der Waals surface area contributed by atoms with Crippen LogP contribution in [-0.2, 0) is 4.79 Å². The van der Waals surface area contributed by atoms with E-state index >= 15 is 0 Å². The van der Waals surface area contributed by atoms with Crippen molar-refractivity contribution in [2.75, 3.05) is 6.54 Å². The first-order chi connectivity index (χ1) is 7.74. The number of amides is 1. The molecule has 0 spiro atoms. The number of aliphatic hydroxyl groups excluding tert-OH is 1. The summed E-state index contributed by atoms with van der Waals surface area (Å²) in [6.07, 6.45) is 8.19. The number of carbonyl (C=O) groups excluding carboxylic acids is 1. The van der Waals surface area contributed by atoms with E-state index < -0.39 is 0 Å². The molecule has 1 atom stereocenters. The summed E-state index contributed by atoms with van der Waals surface area (Å²) in [5, 5.41) is 12.3. The molecule has 16 heavy (non-hydrogen) atoms. The van der Waals surface area contributed by atoms with E-state index in [9.17, 15) is 9.90 Å². The van der Waals surface area contributed by atoms with E-state index in [1.807, 2.05) is 6.92 Å². The molecule has 0 bridgehead atoms. The van der Waals surface area contributed by atoms with E-state index in [0.29, 0.717) is 13.0 Å². The average molecular weight is 227 g/mol. The van der Waals surface area contributed by atoms with E-state index in [1.165, 1.54) is 25.7 Å². The summed E-state index contributed by atoms with van der Waals surface area (Å²) < 4.78 is 0. The third-order valence-electron chi connectivity index (χ3n) is 3.47. The van der Waals surface area contributed by atoms with E-state index in [1.54, 1.807) is 0 Å². The molecule has 3 nitrogen and oxygen atoms in total. The van der Waals surface area contributed by atoms with Crippen LogP contribution in [0.5, 0.6) is 0 Å². The predicted molar refractivity (Wildman–Crippen MR) is 65.1 cm³/mol. The lowest BCUT2D eigenvalue weighted by Crippen LogP contribution is -2.32. The lowest BCUT2D eigenvalue weighted by Gasteiger charge is -2.15. The summed E-state index contributed by atoms with van der Waals surface area (Å²) in [4.78, 5) is 11.8. The Balaban J connectivity index is 2.17. The quantitative estimate of drug-likeness (QED) is 0.708. The van der Waals surface area contributed by atoms with Crippen molar-refractivity contribution < 1.29 is 9.90 Å². The third-order valence-corrected chi connectivity index (χ3v) is 3.47. The highest BCUT2D eigenvalue weighted by Gasteiger charge is 2.19. The minimum atomic E-state index is -0.269. The van der Waals surface area contributed by atoms with Gasteiger partial charge in [0.2, 0.25) is 5.91 Å². The van der Waals surface area contributed by atoms with E-state index in [-0.39, 0.29) is 17.9 Å². The number of aliphatic hydroxyl groups is 1. The van der Waals surface area contributed by atoms with Gasteiger partial charge < -0.3 is 10.4 Å². The first kappa shape index (κ1) is 13.5. The zero-order valence-electron chi connectivity index (χ0n) is 10.4. The molecule has 0 radical (unpaired) electrons. The van der Waals surface area contributed by atoms with Gasteiger partial charge in [0.1, 0.15) is 0 Å². The van der Waals surface area contributed by atoms with Crippen LogP contribution in [0, 0.1) is 5.92 Å². The Morgan fingerprint density at radius 1 is 1.31 bits per heavy atom. The van der Waals surface area contributed by atoms with Gasteiger partial charge in [-0.3, -0.25) is 4.79 Å². The Hall–Kier alpha value is -0.570. The fourth-order valence-corrected chi connectivity index (χ4v) is 2.25. The number of carbonyl (C=O) groups is 1. The van der Waals surface area contributed by atoms with E-state index in [4.69, 9.17) is 0 Å². The molecule has 1 aliphatic carbocycles. The monoisotopic (exact) mass is 227 g/mol. The van der Waals surface area contributed by atoms with Gasteiger partial charge in [-0.1, -0.05) is 32.6 Å². The second kappa shape index (κ2) is 7.66. The average Bonchev–Trinajstić information content (AvgIpc) is 2.57. The Labute approximate surface area is 98.6 Å². The zero-order valence-corrected chi connectivity index (χ0v) is 10.4. The smallest absolute Gasteiger partial charge is 0.223 e. The Morgan fingerprint density at radius 2 is 1.94 bits per heavy atom. The van der Waals surface area contributed by atoms with Crippen molar-refractivity contribution in [2.24, 2.45) is 5.92 Å². The van der Waals surface area contributed by atoms with Crippen molar-refractivity contribution in [1.29, 1.82) is 0 Å². The van der Waals surface area contributed by atoms with Crippen LogP contribution in [0.1, 0.15) is 58.3 Å². The van der Waals surface area contributed by atoms with Crippen molar-refractivity contribution in [3.63, 3.8) is 0 Å². The van der Waals surface area contributed by atoms with Gasteiger partial charge in [0.05, 0.1) is 6.10 Å². The van der Waals surface area contributed by atoms with Crippen LogP contribution in [0.25, 0.3) is 0 Å². The van der Waals surface area contributed by atoms with Gasteiger partial charge in [-0.05, 0) is 25.7 Å². The summed E-state index contributed by atoms with van der Waals surface area (Å²) in [7, 11) is 0. The Kier molecular flexibility index (Phi) is 6.46. The molecule has 0 saturated heterocycles. The highest BCUT2D eigenvalue weighted by molar-refractivity contribution is 5.78. The maximum absolute atomic E-state index is 11.8. The predicted octanol–water partition coefficient (Wildman–Crippen LogP) is 2.23. The lowest BCUT2D eigenvalue weighted by atomic mass is 9.99. The molecule has 1 fully saturated rings.